The number of hydrogen-bond acceptors (Lipinski definition) is 4. The van der Waals surface area contributed by atoms with Gasteiger partial charge in [-0.05, 0) is 26.0 Å². The Kier molecular flexibility index (Phi) is 4.07. The van der Waals surface area contributed by atoms with Crippen molar-refractivity contribution in [3.05, 3.63) is 63.5 Å². The molecule has 0 fully saturated rings. The number of aromatic hydroxyl groups is 1. The summed E-state index contributed by atoms with van der Waals surface area (Å²) in [6.07, 6.45) is 0. The van der Waals surface area contributed by atoms with Crippen LogP contribution in [0, 0.1) is 22.9 Å². The third kappa shape index (κ3) is 3.28. The molecule has 0 amide bonds. The SMILES string of the molecule is Cc1ccc(NC(C)c2ccc(O)cc2F)cc1[N+](=O)[O-]. The van der Waals surface area contributed by atoms with Crippen LogP contribution in [0.1, 0.15) is 24.1 Å². The van der Waals surface area contributed by atoms with E-state index in [0.717, 1.165) is 6.07 Å². The lowest BCUT2D eigenvalue weighted by molar-refractivity contribution is -0.385. The number of phenols is 1. The van der Waals surface area contributed by atoms with Gasteiger partial charge in [0, 0.05) is 28.9 Å². The molecule has 110 valence electrons. The van der Waals surface area contributed by atoms with Crippen LogP contribution < -0.4 is 5.32 Å². The van der Waals surface area contributed by atoms with E-state index in [1.165, 1.54) is 18.2 Å². The van der Waals surface area contributed by atoms with Crippen LogP contribution in [0.3, 0.4) is 0 Å². The zero-order chi connectivity index (χ0) is 15.6. The van der Waals surface area contributed by atoms with Gasteiger partial charge in [0.05, 0.1) is 11.0 Å². The first-order valence-electron chi connectivity index (χ1n) is 6.38. The van der Waals surface area contributed by atoms with Crippen molar-refractivity contribution < 1.29 is 14.4 Å². The molecule has 0 spiro atoms. The van der Waals surface area contributed by atoms with Crippen LogP contribution in [-0.2, 0) is 0 Å². The number of hydrogen-bond donors (Lipinski definition) is 2. The summed E-state index contributed by atoms with van der Waals surface area (Å²) in [7, 11) is 0. The van der Waals surface area contributed by atoms with Gasteiger partial charge in [0.15, 0.2) is 0 Å². The van der Waals surface area contributed by atoms with E-state index in [1.54, 1.807) is 26.0 Å². The standard InChI is InChI=1S/C15H15FN2O3/c1-9-3-4-11(7-15(9)18(20)21)17-10(2)13-6-5-12(19)8-14(13)16/h3-8,10,17,19H,1-2H3. The number of benzene rings is 2. The zero-order valence-electron chi connectivity index (χ0n) is 11.6. The predicted molar refractivity (Wildman–Crippen MR) is 77.9 cm³/mol. The van der Waals surface area contributed by atoms with E-state index < -0.39 is 16.8 Å². The molecule has 0 aliphatic heterocycles. The minimum Gasteiger partial charge on any atom is -0.508 e. The van der Waals surface area contributed by atoms with Crippen LogP contribution in [0.25, 0.3) is 0 Å². The van der Waals surface area contributed by atoms with Crippen LogP contribution in [0.2, 0.25) is 0 Å². The summed E-state index contributed by atoms with van der Waals surface area (Å²) in [5, 5.41) is 23.1. The van der Waals surface area contributed by atoms with E-state index in [2.05, 4.69) is 5.32 Å². The Morgan fingerprint density at radius 1 is 1.29 bits per heavy atom. The van der Waals surface area contributed by atoms with Crippen molar-refractivity contribution in [3.63, 3.8) is 0 Å². The average Bonchev–Trinajstić information content (AvgIpc) is 2.40. The van der Waals surface area contributed by atoms with Gasteiger partial charge in [0.2, 0.25) is 0 Å². The largest absolute Gasteiger partial charge is 0.508 e. The fourth-order valence-electron chi connectivity index (χ4n) is 2.09. The van der Waals surface area contributed by atoms with E-state index in [4.69, 9.17) is 0 Å². The van der Waals surface area contributed by atoms with E-state index in [9.17, 15) is 19.6 Å². The third-order valence-electron chi connectivity index (χ3n) is 3.24. The highest BCUT2D eigenvalue weighted by atomic mass is 19.1. The fourth-order valence-corrected chi connectivity index (χ4v) is 2.09. The van der Waals surface area contributed by atoms with Crippen molar-refractivity contribution in [2.75, 3.05) is 5.32 Å². The molecule has 0 saturated carbocycles. The van der Waals surface area contributed by atoms with Crippen molar-refractivity contribution >= 4 is 11.4 Å². The van der Waals surface area contributed by atoms with Gasteiger partial charge < -0.3 is 10.4 Å². The lowest BCUT2D eigenvalue weighted by atomic mass is 10.1. The molecule has 2 N–H and O–H groups in total. The van der Waals surface area contributed by atoms with Crippen molar-refractivity contribution in [3.8, 4) is 5.75 Å². The second-order valence-electron chi connectivity index (χ2n) is 4.83. The van der Waals surface area contributed by atoms with Gasteiger partial charge in [-0.1, -0.05) is 12.1 Å². The molecule has 1 atom stereocenters. The van der Waals surface area contributed by atoms with Crippen LogP contribution in [-0.4, -0.2) is 10.0 Å². The molecule has 5 nitrogen and oxygen atoms in total. The normalized spacial score (nSPS) is 12.0. The van der Waals surface area contributed by atoms with E-state index in [0.29, 0.717) is 16.8 Å². The Morgan fingerprint density at radius 2 is 2.00 bits per heavy atom. The number of nitrogens with zero attached hydrogens (tertiary/aromatic N) is 1. The van der Waals surface area contributed by atoms with E-state index in [1.807, 2.05) is 0 Å². The summed E-state index contributed by atoms with van der Waals surface area (Å²) < 4.78 is 13.8. The Morgan fingerprint density at radius 3 is 2.62 bits per heavy atom. The quantitative estimate of drug-likeness (QED) is 0.661. The smallest absolute Gasteiger partial charge is 0.274 e. The molecule has 6 heteroatoms. The molecular weight excluding hydrogens is 275 g/mol. The summed E-state index contributed by atoms with van der Waals surface area (Å²) in [4.78, 5) is 10.5. The van der Waals surface area contributed by atoms with Crippen molar-refractivity contribution in [1.82, 2.24) is 0 Å². The Labute approximate surface area is 121 Å². The molecule has 0 aliphatic rings. The van der Waals surface area contributed by atoms with Crippen LogP contribution >= 0.6 is 0 Å². The van der Waals surface area contributed by atoms with Crippen LogP contribution in [0.5, 0.6) is 5.75 Å². The molecule has 0 saturated heterocycles. The summed E-state index contributed by atoms with van der Waals surface area (Å²) >= 11 is 0. The highest BCUT2D eigenvalue weighted by Gasteiger charge is 2.15. The highest BCUT2D eigenvalue weighted by Crippen LogP contribution is 2.27. The lowest BCUT2D eigenvalue weighted by Gasteiger charge is -2.16. The van der Waals surface area contributed by atoms with Gasteiger partial charge in [-0.15, -0.1) is 0 Å². The average molecular weight is 290 g/mol. The van der Waals surface area contributed by atoms with Gasteiger partial charge in [-0.3, -0.25) is 10.1 Å². The molecule has 0 radical (unpaired) electrons. The number of nitrogens with one attached hydrogen (secondary N) is 1. The number of anilines is 1. The molecule has 2 rings (SSSR count). The molecule has 1 unspecified atom stereocenters. The number of halogens is 1. The summed E-state index contributed by atoms with van der Waals surface area (Å²) in [5.74, 6) is -0.675. The zero-order valence-corrected chi connectivity index (χ0v) is 11.6. The first-order valence-corrected chi connectivity index (χ1v) is 6.38. The van der Waals surface area contributed by atoms with Crippen molar-refractivity contribution in [1.29, 1.82) is 0 Å². The van der Waals surface area contributed by atoms with E-state index in [-0.39, 0.29) is 11.4 Å². The number of nitro benzene ring substituents is 1. The van der Waals surface area contributed by atoms with Gasteiger partial charge in [-0.2, -0.15) is 0 Å². The monoisotopic (exact) mass is 290 g/mol. The second kappa shape index (κ2) is 5.78. The maximum absolute atomic E-state index is 13.8. The second-order valence-corrected chi connectivity index (χ2v) is 4.83. The lowest BCUT2D eigenvalue weighted by Crippen LogP contribution is -2.09. The van der Waals surface area contributed by atoms with Crippen LogP contribution in [0.15, 0.2) is 36.4 Å². The molecule has 0 aliphatic carbocycles. The fraction of sp³-hybridized carbons (Fsp3) is 0.200. The molecular formula is C15H15FN2O3. The van der Waals surface area contributed by atoms with Gasteiger partial charge in [0.1, 0.15) is 11.6 Å². The van der Waals surface area contributed by atoms with Crippen molar-refractivity contribution in [2.24, 2.45) is 0 Å². The molecule has 21 heavy (non-hydrogen) atoms. The predicted octanol–water partition coefficient (Wildman–Crippen LogP) is 3.92. The first-order chi connectivity index (χ1) is 9.88. The topological polar surface area (TPSA) is 75.4 Å². The summed E-state index contributed by atoms with van der Waals surface area (Å²) in [6, 6.07) is 8.28. The molecule has 0 heterocycles. The Balaban J connectivity index is 2.25. The Hall–Kier alpha value is -2.63. The maximum atomic E-state index is 13.8. The summed E-state index contributed by atoms with van der Waals surface area (Å²) in [5.41, 5.74) is 1.48. The number of aryl methyl sites for hydroxylation is 1. The van der Waals surface area contributed by atoms with Gasteiger partial charge in [0.25, 0.3) is 5.69 Å². The molecule has 2 aromatic rings. The number of nitro groups is 1. The van der Waals surface area contributed by atoms with Crippen molar-refractivity contribution in [2.45, 2.75) is 19.9 Å². The summed E-state index contributed by atoms with van der Waals surface area (Å²) in [6.45, 7) is 3.39. The molecule has 0 bridgehead atoms. The minimum atomic E-state index is -0.531. The maximum Gasteiger partial charge on any atom is 0.274 e. The molecule has 2 aromatic carbocycles. The third-order valence-corrected chi connectivity index (χ3v) is 3.24. The highest BCUT2D eigenvalue weighted by molar-refractivity contribution is 5.55. The number of phenolic OH excluding ortho intramolecular Hbond substituents is 1. The van der Waals surface area contributed by atoms with Crippen LogP contribution in [0.4, 0.5) is 15.8 Å². The van der Waals surface area contributed by atoms with Gasteiger partial charge >= 0.3 is 0 Å². The Bertz CT molecular complexity index is 689. The van der Waals surface area contributed by atoms with Gasteiger partial charge in [-0.25, -0.2) is 4.39 Å². The minimum absolute atomic E-state index is 0.0124. The van der Waals surface area contributed by atoms with E-state index >= 15 is 0 Å². The molecule has 0 aromatic heterocycles. The first kappa shape index (κ1) is 14.8. The number of rotatable bonds is 4.